The molecule has 0 spiro atoms. The molecule has 1 heterocycles. The highest BCUT2D eigenvalue weighted by Gasteiger charge is 2.26. The van der Waals surface area contributed by atoms with Gasteiger partial charge >= 0.3 is 0 Å². The minimum absolute atomic E-state index is 0.167. The number of hydrogen-bond donors (Lipinski definition) is 0. The van der Waals surface area contributed by atoms with E-state index in [0.717, 1.165) is 12.1 Å². The van der Waals surface area contributed by atoms with E-state index >= 15 is 0 Å². The molecule has 1 aliphatic heterocycles. The maximum atomic E-state index is 12.6. The average molecular weight is 323 g/mol. The smallest absolute Gasteiger partial charge is 0.227 e. The van der Waals surface area contributed by atoms with Crippen molar-refractivity contribution in [3.8, 4) is 0 Å². The van der Waals surface area contributed by atoms with E-state index in [1.807, 2.05) is 36.2 Å². The van der Waals surface area contributed by atoms with Crippen molar-refractivity contribution < 1.29 is 4.79 Å². The van der Waals surface area contributed by atoms with Gasteiger partial charge in [0.15, 0.2) is 0 Å². The number of hydrogen-bond acceptors (Lipinski definition) is 2. The van der Waals surface area contributed by atoms with E-state index < -0.39 is 0 Å². The summed E-state index contributed by atoms with van der Waals surface area (Å²) in [7, 11) is 1.94. The Bertz CT molecular complexity index is 498. The topological polar surface area (TPSA) is 23.6 Å². The molecule has 0 N–H and O–H groups in total. The molecule has 0 saturated carbocycles. The monoisotopic (exact) mass is 322 g/mol. The van der Waals surface area contributed by atoms with Crippen molar-refractivity contribution in [2.45, 2.75) is 39.2 Å². The summed E-state index contributed by atoms with van der Waals surface area (Å²) in [5.41, 5.74) is 0.980. The van der Waals surface area contributed by atoms with Crippen LogP contribution >= 0.6 is 11.6 Å². The van der Waals surface area contributed by atoms with Gasteiger partial charge in [-0.15, -0.1) is 0 Å². The van der Waals surface area contributed by atoms with Crippen molar-refractivity contribution in [1.29, 1.82) is 0 Å². The number of halogens is 1. The standard InChI is InChI=1S/C18H27ClN2O/c1-14(2)17(13-21-9-4-5-10-21)20(3)18(22)12-15-7-6-8-16(19)11-15/h6-8,11,14,17H,4-5,9-10,12-13H2,1-3H3/t17-/m1/s1. The minimum Gasteiger partial charge on any atom is -0.341 e. The van der Waals surface area contributed by atoms with Gasteiger partial charge < -0.3 is 9.80 Å². The summed E-state index contributed by atoms with van der Waals surface area (Å²) in [6, 6.07) is 7.84. The second-order valence-electron chi connectivity index (χ2n) is 6.63. The number of nitrogens with zero attached hydrogens (tertiary/aromatic N) is 2. The van der Waals surface area contributed by atoms with Crippen molar-refractivity contribution in [1.82, 2.24) is 9.80 Å². The number of likely N-dealkylation sites (N-methyl/N-ethyl adjacent to an activating group) is 1. The zero-order valence-corrected chi connectivity index (χ0v) is 14.6. The maximum absolute atomic E-state index is 12.6. The Morgan fingerprint density at radius 1 is 1.32 bits per heavy atom. The maximum Gasteiger partial charge on any atom is 0.227 e. The van der Waals surface area contributed by atoms with Crippen LogP contribution in [0.4, 0.5) is 0 Å². The largest absolute Gasteiger partial charge is 0.341 e. The summed E-state index contributed by atoms with van der Waals surface area (Å²) in [5.74, 6) is 0.620. The molecule has 0 aromatic heterocycles. The second-order valence-corrected chi connectivity index (χ2v) is 7.07. The molecular weight excluding hydrogens is 296 g/mol. The van der Waals surface area contributed by atoms with Crippen molar-refractivity contribution in [2.24, 2.45) is 5.92 Å². The highest BCUT2D eigenvalue weighted by atomic mass is 35.5. The summed E-state index contributed by atoms with van der Waals surface area (Å²) in [4.78, 5) is 17.0. The highest BCUT2D eigenvalue weighted by Crippen LogP contribution is 2.17. The number of rotatable bonds is 6. The summed E-state index contributed by atoms with van der Waals surface area (Å²) in [5, 5.41) is 0.686. The summed E-state index contributed by atoms with van der Waals surface area (Å²) in [6.07, 6.45) is 2.98. The first-order chi connectivity index (χ1) is 10.5. The number of likely N-dealkylation sites (tertiary alicyclic amines) is 1. The van der Waals surface area contributed by atoms with E-state index in [4.69, 9.17) is 11.6 Å². The molecule has 1 atom stereocenters. The summed E-state index contributed by atoms with van der Waals surface area (Å²) < 4.78 is 0. The quantitative estimate of drug-likeness (QED) is 0.800. The predicted molar refractivity (Wildman–Crippen MR) is 92.2 cm³/mol. The molecule has 0 radical (unpaired) electrons. The van der Waals surface area contributed by atoms with Crippen molar-refractivity contribution in [2.75, 3.05) is 26.7 Å². The fourth-order valence-electron chi connectivity index (χ4n) is 3.14. The molecule has 1 saturated heterocycles. The summed E-state index contributed by atoms with van der Waals surface area (Å²) in [6.45, 7) is 7.71. The number of carbonyl (C=O) groups excluding carboxylic acids is 1. The first-order valence-electron chi connectivity index (χ1n) is 8.20. The Labute approximate surface area is 139 Å². The van der Waals surface area contributed by atoms with Crippen LogP contribution in [0.15, 0.2) is 24.3 Å². The second kappa shape index (κ2) is 7.98. The molecule has 2 rings (SSSR count). The number of amides is 1. The number of carbonyl (C=O) groups is 1. The van der Waals surface area contributed by atoms with Gasteiger partial charge in [-0.1, -0.05) is 37.6 Å². The van der Waals surface area contributed by atoms with E-state index in [1.165, 1.54) is 25.9 Å². The van der Waals surface area contributed by atoms with Crippen LogP contribution in [0.2, 0.25) is 5.02 Å². The lowest BCUT2D eigenvalue weighted by molar-refractivity contribution is -0.132. The third-order valence-electron chi connectivity index (χ3n) is 4.55. The minimum atomic E-state index is 0.167. The van der Waals surface area contributed by atoms with Gasteiger partial charge in [-0.05, 0) is 49.5 Å². The SMILES string of the molecule is CC(C)[C@@H](CN1CCCC1)N(C)C(=O)Cc1cccc(Cl)c1. The van der Waals surface area contributed by atoms with Crippen LogP contribution in [0.1, 0.15) is 32.3 Å². The highest BCUT2D eigenvalue weighted by molar-refractivity contribution is 6.30. The van der Waals surface area contributed by atoms with E-state index in [1.54, 1.807) is 0 Å². The van der Waals surface area contributed by atoms with Gasteiger partial charge in [0, 0.05) is 24.7 Å². The van der Waals surface area contributed by atoms with E-state index in [0.29, 0.717) is 17.4 Å². The van der Waals surface area contributed by atoms with Crippen molar-refractivity contribution in [3.05, 3.63) is 34.9 Å². The molecule has 4 heteroatoms. The lowest BCUT2D eigenvalue weighted by Crippen LogP contribution is -2.47. The van der Waals surface area contributed by atoms with Crippen LogP contribution in [0.3, 0.4) is 0 Å². The zero-order chi connectivity index (χ0) is 16.1. The van der Waals surface area contributed by atoms with Crippen LogP contribution in [-0.4, -0.2) is 48.4 Å². The van der Waals surface area contributed by atoms with Gasteiger partial charge in [0.2, 0.25) is 5.91 Å². The first-order valence-corrected chi connectivity index (χ1v) is 8.57. The normalized spacial score (nSPS) is 17.0. The van der Waals surface area contributed by atoms with Gasteiger partial charge in [0.25, 0.3) is 0 Å². The molecule has 122 valence electrons. The van der Waals surface area contributed by atoms with E-state index in [2.05, 4.69) is 18.7 Å². The van der Waals surface area contributed by atoms with Gasteiger partial charge in [-0.2, -0.15) is 0 Å². The molecular formula is C18H27ClN2O. The lowest BCUT2D eigenvalue weighted by atomic mass is 10.0. The molecule has 1 aliphatic rings. The molecule has 1 fully saturated rings. The van der Waals surface area contributed by atoms with Crippen LogP contribution in [0, 0.1) is 5.92 Å². The third-order valence-corrected chi connectivity index (χ3v) is 4.78. The molecule has 1 aromatic rings. The van der Waals surface area contributed by atoms with Crippen molar-refractivity contribution in [3.63, 3.8) is 0 Å². The van der Waals surface area contributed by atoms with Gasteiger partial charge in [-0.25, -0.2) is 0 Å². The predicted octanol–water partition coefficient (Wildman–Crippen LogP) is 3.46. The first kappa shape index (κ1) is 17.3. The Morgan fingerprint density at radius 3 is 2.59 bits per heavy atom. The Kier molecular flexibility index (Phi) is 6.27. The van der Waals surface area contributed by atoms with Crippen molar-refractivity contribution >= 4 is 17.5 Å². The van der Waals surface area contributed by atoms with Crippen LogP contribution in [0.25, 0.3) is 0 Å². The molecule has 0 unspecified atom stereocenters. The molecule has 0 bridgehead atoms. The van der Waals surface area contributed by atoms with Crippen LogP contribution in [0.5, 0.6) is 0 Å². The van der Waals surface area contributed by atoms with E-state index in [9.17, 15) is 4.79 Å². The lowest BCUT2D eigenvalue weighted by Gasteiger charge is -2.34. The number of benzene rings is 1. The molecule has 22 heavy (non-hydrogen) atoms. The third kappa shape index (κ3) is 4.72. The molecule has 0 aliphatic carbocycles. The van der Waals surface area contributed by atoms with E-state index in [-0.39, 0.29) is 11.9 Å². The van der Waals surface area contributed by atoms with Crippen LogP contribution in [-0.2, 0) is 11.2 Å². The average Bonchev–Trinajstić information content (AvgIpc) is 2.96. The fourth-order valence-corrected chi connectivity index (χ4v) is 3.35. The van der Waals surface area contributed by atoms with Gasteiger partial charge in [0.1, 0.15) is 0 Å². The Hall–Kier alpha value is -1.06. The zero-order valence-electron chi connectivity index (χ0n) is 13.9. The molecule has 1 amide bonds. The summed E-state index contributed by atoms with van der Waals surface area (Å²) >= 11 is 6.00. The van der Waals surface area contributed by atoms with Gasteiger partial charge in [0.05, 0.1) is 6.42 Å². The Morgan fingerprint density at radius 2 is 2.00 bits per heavy atom. The Balaban J connectivity index is 1.99. The molecule has 1 aromatic carbocycles. The van der Waals surface area contributed by atoms with Gasteiger partial charge in [-0.3, -0.25) is 4.79 Å². The fraction of sp³-hybridized carbons (Fsp3) is 0.611. The van der Waals surface area contributed by atoms with Crippen LogP contribution < -0.4 is 0 Å². The molecule has 3 nitrogen and oxygen atoms in total.